The molecule has 1 atom stereocenters. The zero-order valence-electron chi connectivity index (χ0n) is 8.94. The molecule has 5 nitrogen and oxygen atoms in total. The van der Waals surface area contributed by atoms with Gasteiger partial charge in [-0.2, -0.15) is 5.10 Å². The number of hydrogen-bond acceptors (Lipinski definition) is 4. The highest BCUT2D eigenvalue weighted by Gasteiger charge is 2.21. The Balaban J connectivity index is 2.10. The molecule has 1 unspecified atom stereocenters. The Kier molecular flexibility index (Phi) is 2.90. The van der Waals surface area contributed by atoms with E-state index in [-0.39, 0.29) is 11.5 Å². The first-order valence-electron chi connectivity index (χ1n) is 5.43. The average molecular weight is 273 g/mol. The van der Waals surface area contributed by atoms with Gasteiger partial charge in [-0.1, -0.05) is 11.6 Å². The minimum atomic E-state index is -0.0801. The van der Waals surface area contributed by atoms with E-state index < -0.39 is 0 Å². The van der Waals surface area contributed by atoms with Gasteiger partial charge >= 0.3 is 0 Å². The van der Waals surface area contributed by atoms with E-state index >= 15 is 0 Å². The maximum atomic E-state index is 6.08. The second-order valence-corrected chi connectivity index (χ2v) is 4.62. The van der Waals surface area contributed by atoms with E-state index in [4.69, 9.17) is 27.9 Å². The fourth-order valence-corrected chi connectivity index (χ4v) is 2.51. The van der Waals surface area contributed by atoms with E-state index in [1.807, 2.05) is 0 Å². The molecular formula is C10H10Cl2N4O. The summed E-state index contributed by atoms with van der Waals surface area (Å²) in [4.78, 5) is 8.02. The van der Waals surface area contributed by atoms with E-state index in [0.29, 0.717) is 16.2 Å². The van der Waals surface area contributed by atoms with Gasteiger partial charge in [-0.3, -0.25) is 0 Å². The van der Waals surface area contributed by atoms with Crippen LogP contribution in [0.1, 0.15) is 25.5 Å². The molecule has 1 fully saturated rings. The first-order valence-corrected chi connectivity index (χ1v) is 6.19. The molecule has 0 amide bonds. The highest BCUT2D eigenvalue weighted by atomic mass is 35.5. The third-order valence-corrected chi connectivity index (χ3v) is 3.24. The molecule has 3 heterocycles. The van der Waals surface area contributed by atoms with Gasteiger partial charge in [-0.25, -0.2) is 14.6 Å². The van der Waals surface area contributed by atoms with Gasteiger partial charge in [-0.05, 0) is 30.9 Å². The monoisotopic (exact) mass is 272 g/mol. The first-order chi connectivity index (χ1) is 8.25. The lowest BCUT2D eigenvalue weighted by atomic mass is 10.2. The second kappa shape index (κ2) is 4.40. The number of aromatic nitrogens is 4. The van der Waals surface area contributed by atoms with Gasteiger partial charge in [0.05, 0.1) is 6.20 Å². The number of fused-ring (bicyclic) bond motifs is 1. The predicted octanol–water partition coefficient (Wildman–Crippen LogP) is 2.83. The van der Waals surface area contributed by atoms with E-state index in [1.165, 1.54) is 0 Å². The Labute approximate surface area is 108 Å². The molecular weight excluding hydrogens is 263 g/mol. The Morgan fingerprint density at radius 2 is 2.18 bits per heavy atom. The number of hydrogen-bond donors (Lipinski definition) is 0. The lowest BCUT2D eigenvalue weighted by Crippen LogP contribution is -2.19. The minimum Gasteiger partial charge on any atom is -0.356 e. The lowest BCUT2D eigenvalue weighted by molar-refractivity contribution is -0.0367. The molecule has 2 aromatic heterocycles. The van der Waals surface area contributed by atoms with Crippen molar-refractivity contribution in [1.82, 2.24) is 19.7 Å². The Hall–Kier alpha value is -0.910. The van der Waals surface area contributed by atoms with Crippen molar-refractivity contribution in [1.29, 1.82) is 0 Å². The SMILES string of the molecule is Clc1nc(Cl)c2c(cnn2C2CCCCO2)n1. The number of rotatable bonds is 1. The number of ether oxygens (including phenoxy) is 1. The largest absolute Gasteiger partial charge is 0.356 e. The average Bonchev–Trinajstić information content (AvgIpc) is 2.74. The molecule has 0 radical (unpaired) electrons. The van der Waals surface area contributed by atoms with Crippen molar-refractivity contribution in [3.05, 3.63) is 16.6 Å². The van der Waals surface area contributed by atoms with E-state index in [2.05, 4.69) is 15.1 Å². The molecule has 90 valence electrons. The van der Waals surface area contributed by atoms with Gasteiger partial charge in [0.25, 0.3) is 0 Å². The van der Waals surface area contributed by atoms with Crippen LogP contribution in [0, 0.1) is 0 Å². The zero-order valence-corrected chi connectivity index (χ0v) is 10.4. The van der Waals surface area contributed by atoms with Crippen LogP contribution in [0.2, 0.25) is 10.4 Å². The normalized spacial score (nSPS) is 20.9. The summed E-state index contributed by atoms with van der Waals surface area (Å²) >= 11 is 11.8. The molecule has 0 spiro atoms. The highest BCUT2D eigenvalue weighted by Crippen LogP contribution is 2.29. The molecule has 0 bridgehead atoms. The van der Waals surface area contributed by atoms with Gasteiger partial charge in [0.2, 0.25) is 5.28 Å². The molecule has 2 aromatic rings. The van der Waals surface area contributed by atoms with Crippen LogP contribution in [-0.2, 0) is 4.74 Å². The third-order valence-electron chi connectivity index (χ3n) is 2.80. The van der Waals surface area contributed by atoms with E-state index in [9.17, 15) is 0 Å². The van der Waals surface area contributed by atoms with Crippen LogP contribution in [0.3, 0.4) is 0 Å². The summed E-state index contributed by atoms with van der Waals surface area (Å²) in [5, 5.41) is 4.71. The molecule has 3 rings (SSSR count). The third kappa shape index (κ3) is 1.99. The highest BCUT2D eigenvalue weighted by molar-refractivity contribution is 6.35. The standard InChI is InChI=1S/C10H10Cl2N4O/c11-9-8-6(14-10(12)15-9)5-13-16(8)7-3-1-2-4-17-7/h5,7H,1-4H2. The molecule has 17 heavy (non-hydrogen) atoms. The van der Waals surface area contributed by atoms with Crippen molar-refractivity contribution < 1.29 is 4.74 Å². The van der Waals surface area contributed by atoms with Crippen molar-refractivity contribution in [3.63, 3.8) is 0 Å². The minimum absolute atomic E-state index is 0.0801. The van der Waals surface area contributed by atoms with E-state index in [1.54, 1.807) is 10.9 Å². The topological polar surface area (TPSA) is 52.8 Å². The van der Waals surface area contributed by atoms with Gasteiger partial charge < -0.3 is 4.74 Å². The predicted molar refractivity (Wildman–Crippen MR) is 64.2 cm³/mol. The summed E-state index contributed by atoms with van der Waals surface area (Å²) in [5.41, 5.74) is 1.33. The molecule has 0 aromatic carbocycles. The second-order valence-electron chi connectivity index (χ2n) is 3.93. The van der Waals surface area contributed by atoms with Crippen LogP contribution in [0.4, 0.5) is 0 Å². The summed E-state index contributed by atoms with van der Waals surface area (Å²) in [6, 6.07) is 0. The fourth-order valence-electron chi connectivity index (χ4n) is 2.03. The van der Waals surface area contributed by atoms with Gasteiger partial charge in [0.15, 0.2) is 11.4 Å². The number of halogens is 2. The molecule has 1 aliphatic rings. The Morgan fingerprint density at radius 1 is 1.29 bits per heavy atom. The van der Waals surface area contributed by atoms with Crippen LogP contribution in [0.15, 0.2) is 6.20 Å². The number of nitrogens with zero attached hydrogens (tertiary/aromatic N) is 4. The summed E-state index contributed by atoms with van der Waals surface area (Å²) in [6.07, 6.45) is 4.69. The van der Waals surface area contributed by atoms with Crippen molar-refractivity contribution in [3.8, 4) is 0 Å². The quantitative estimate of drug-likeness (QED) is 0.592. The molecule has 7 heteroatoms. The van der Waals surface area contributed by atoms with Crippen molar-refractivity contribution in [2.75, 3.05) is 6.61 Å². The van der Waals surface area contributed by atoms with Crippen LogP contribution < -0.4 is 0 Å². The summed E-state index contributed by atoms with van der Waals surface area (Å²) in [5.74, 6) is 0. The van der Waals surface area contributed by atoms with E-state index in [0.717, 1.165) is 25.9 Å². The van der Waals surface area contributed by atoms with Crippen molar-refractivity contribution in [2.24, 2.45) is 0 Å². The van der Waals surface area contributed by atoms with Gasteiger partial charge in [0, 0.05) is 6.61 Å². The molecule has 0 aliphatic carbocycles. The van der Waals surface area contributed by atoms with Crippen LogP contribution in [-0.4, -0.2) is 26.4 Å². The Bertz CT molecular complexity index is 550. The zero-order chi connectivity index (χ0) is 11.8. The molecule has 1 saturated heterocycles. The summed E-state index contributed by atoms with van der Waals surface area (Å²) in [6.45, 7) is 0.748. The molecule has 0 N–H and O–H groups in total. The lowest BCUT2D eigenvalue weighted by Gasteiger charge is -2.23. The first kappa shape index (κ1) is 11.2. The van der Waals surface area contributed by atoms with Crippen molar-refractivity contribution in [2.45, 2.75) is 25.5 Å². The van der Waals surface area contributed by atoms with Crippen LogP contribution in [0.25, 0.3) is 11.0 Å². The van der Waals surface area contributed by atoms with Gasteiger partial charge in [0.1, 0.15) is 11.0 Å². The van der Waals surface area contributed by atoms with Crippen molar-refractivity contribution >= 4 is 34.2 Å². The summed E-state index contributed by atoms with van der Waals surface area (Å²) in [7, 11) is 0. The van der Waals surface area contributed by atoms with Gasteiger partial charge in [-0.15, -0.1) is 0 Å². The smallest absolute Gasteiger partial charge is 0.224 e. The Morgan fingerprint density at radius 3 is 2.94 bits per heavy atom. The maximum absolute atomic E-state index is 6.08. The molecule has 0 saturated carbocycles. The fraction of sp³-hybridized carbons (Fsp3) is 0.500. The maximum Gasteiger partial charge on any atom is 0.224 e. The van der Waals surface area contributed by atoms with Crippen LogP contribution in [0.5, 0.6) is 0 Å². The van der Waals surface area contributed by atoms with Crippen LogP contribution >= 0.6 is 23.2 Å². The summed E-state index contributed by atoms with van der Waals surface area (Å²) < 4.78 is 7.41. The molecule has 1 aliphatic heterocycles.